The van der Waals surface area contributed by atoms with Gasteiger partial charge in [-0.1, -0.05) is 12.1 Å². The number of anilines is 1. The van der Waals surface area contributed by atoms with E-state index in [-0.39, 0.29) is 11.7 Å². The van der Waals surface area contributed by atoms with Crippen LogP contribution in [0.4, 0.5) is 10.2 Å². The molecule has 0 spiro atoms. The van der Waals surface area contributed by atoms with Crippen LogP contribution in [0.5, 0.6) is 0 Å². The van der Waals surface area contributed by atoms with Crippen LogP contribution in [0.2, 0.25) is 0 Å². The summed E-state index contributed by atoms with van der Waals surface area (Å²) in [6.07, 6.45) is 10.6. The van der Waals surface area contributed by atoms with E-state index in [4.69, 9.17) is 4.98 Å². The molecule has 204 valence electrons. The van der Waals surface area contributed by atoms with Gasteiger partial charge < -0.3 is 9.80 Å². The number of nitrogens with zero attached hydrogens (tertiary/aromatic N) is 8. The first-order valence-electron chi connectivity index (χ1n) is 13.6. The summed E-state index contributed by atoms with van der Waals surface area (Å²) in [5.74, 6) is 0.626. The second kappa shape index (κ2) is 9.55. The molecule has 9 nitrogen and oxygen atoms in total. The number of carbonyl (C=O) groups is 1. The fourth-order valence-electron chi connectivity index (χ4n) is 5.86. The van der Waals surface area contributed by atoms with Gasteiger partial charge in [0.25, 0.3) is 0 Å². The first-order chi connectivity index (χ1) is 19.9. The van der Waals surface area contributed by atoms with Gasteiger partial charge in [-0.2, -0.15) is 15.5 Å². The number of hydrogen-bond acceptors (Lipinski definition) is 6. The Balaban J connectivity index is 1.11. The van der Waals surface area contributed by atoms with Crippen molar-refractivity contribution in [3.8, 4) is 28.3 Å². The van der Waals surface area contributed by atoms with Crippen LogP contribution in [0, 0.1) is 17.1 Å². The van der Waals surface area contributed by atoms with Crippen LogP contribution in [0.1, 0.15) is 24.0 Å². The van der Waals surface area contributed by atoms with E-state index in [0.717, 1.165) is 52.0 Å². The molecular formula is C31H27FN8O. The Bertz CT molecular complexity index is 1820. The lowest BCUT2D eigenvalue weighted by molar-refractivity contribution is -0.134. The number of benzene rings is 1. The van der Waals surface area contributed by atoms with Crippen LogP contribution < -0.4 is 4.90 Å². The third-order valence-corrected chi connectivity index (χ3v) is 8.26. The van der Waals surface area contributed by atoms with E-state index in [1.165, 1.54) is 12.1 Å². The third kappa shape index (κ3) is 4.30. The summed E-state index contributed by atoms with van der Waals surface area (Å²) in [5.41, 5.74) is 5.06. The SMILES string of the molecule is Cn1cc(-c2cc(-c3ccc(N4CCN(C(=O)C5(c6cccc(F)c6)CC5)CC4)nc3)c3c(C#N)cnn3c2)cn1. The molecule has 2 aliphatic rings. The number of piperazine rings is 1. The van der Waals surface area contributed by atoms with Gasteiger partial charge in [-0.15, -0.1) is 0 Å². The lowest BCUT2D eigenvalue weighted by Gasteiger charge is -2.37. The van der Waals surface area contributed by atoms with Gasteiger partial charge in [-0.25, -0.2) is 13.9 Å². The molecule has 0 bridgehead atoms. The van der Waals surface area contributed by atoms with E-state index in [0.29, 0.717) is 31.7 Å². The van der Waals surface area contributed by atoms with E-state index in [2.05, 4.69) is 21.2 Å². The highest BCUT2D eigenvalue weighted by molar-refractivity contribution is 5.91. The molecule has 1 saturated carbocycles. The topological polar surface area (TPSA) is 95.3 Å². The molecule has 41 heavy (non-hydrogen) atoms. The van der Waals surface area contributed by atoms with Gasteiger partial charge in [0.1, 0.15) is 17.7 Å². The van der Waals surface area contributed by atoms with Gasteiger partial charge in [-0.3, -0.25) is 9.48 Å². The number of hydrogen-bond donors (Lipinski definition) is 0. The van der Waals surface area contributed by atoms with E-state index in [1.54, 1.807) is 27.7 Å². The van der Waals surface area contributed by atoms with Crippen LogP contribution in [0.25, 0.3) is 27.8 Å². The summed E-state index contributed by atoms with van der Waals surface area (Å²) < 4.78 is 17.3. The Labute approximate surface area is 236 Å². The number of rotatable bonds is 5. The normalized spacial score (nSPS) is 16.1. The van der Waals surface area contributed by atoms with Crippen LogP contribution in [-0.2, 0) is 17.3 Å². The first kappa shape index (κ1) is 25.0. The molecule has 2 fully saturated rings. The van der Waals surface area contributed by atoms with Crippen molar-refractivity contribution >= 4 is 17.2 Å². The average Bonchev–Trinajstić information content (AvgIpc) is 3.53. The molecule has 10 heteroatoms. The second-order valence-corrected chi connectivity index (χ2v) is 10.8. The molecule has 1 amide bonds. The van der Waals surface area contributed by atoms with Crippen molar-refractivity contribution in [3.63, 3.8) is 0 Å². The van der Waals surface area contributed by atoms with Crippen molar-refractivity contribution < 1.29 is 9.18 Å². The van der Waals surface area contributed by atoms with Gasteiger partial charge in [0.15, 0.2) is 0 Å². The smallest absolute Gasteiger partial charge is 0.233 e. The van der Waals surface area contributed by atoms with Crippen LogP contribution in [0.15, 0.2) is 73.4 Å². The Morgan fingerprint density at radius 1 is 0.951 bits per heavy atom. The first-order valence-corrected chi connectivity index (χ1v) is 13.6. The highest BCUT2D eigenvalue weighted by Gasteiger charge is 2.53. The van der Waals surface area contributed by atoms with Crippen molar-refractivity contribution in [2.45, 2.75) is 18.3 Å². The largest absolute Gasteiger partial charge is 0.353 e. The molecule has 1 aliphatic carbocycles. The lowest BCUT2D eigenvalue weighted by Crippen LogP contribution is -2.51. The second-order valence-electron chi connectivity index (χ2n) is 10.8. The monoisotopic (exact) mass is 546 g/mol. The van der Waals surface area contributed by atoms with Crippen LogP contribution in [-0.4, -0.2) is 61.4 Å². The Morgan fingerprint density at radius 2 is 1.78 bits per heavy atom. The summed E-state index contributed by atoms with van der Waals surface area (Å²) >= 11 is 0. The van der Waals surface area contributed by atoms with Crippen molar-refractivity contribution in [2.24, 2.45) is 7.05 Å². The average molecular weight is 547 g/mol. The summed E-state index contributed by atoms with van der Waals surface area (Å²) in [5, 5.41) is 18.4. The van der Waals surface area contributed by atoms with E-state index in [9.17, 15) is 14.4 Å². The Kier molecular flexibility index (Phi) is 5.82. The van der Waals surface area contributed by atoms with Gasteiger partial charge in [0.05, 0.1) is 28.9 Å². The number of pyridine rings is 2. The summed E-state index contributed by atoms with van der Waals surface area (Å²) in [7, 11) is 1.87. The third-order valence-electron chi connectivity index (χ3n) is 8.26. The molecule has 1 aliphatic heterocycles. The number of amides is 1. The molecule has 1 saturated heterocycles. The highest BCUT2D eigenvalue weighted by Crippen LogP contribution is 2.50. The standard InChI is InChI=1S/C31H27FN8O/c1-37-19-24(18-35-37)22-13-27(29-23(15-33)17-36-40(29)20-22)21-5-6-28(34-16-21)38-9-11-39(12-10-38)30(41)31(7-8-31)25-3-2-4-26(32)14-25/h2-6,13-14,16-20H,7-12H2,1H3. The van der Waals surface area contributed by atoms with Crippen LogP contribution in [0.3, 0.4) is 0 Å². The Morgan fingerprint density at radius 3 is 2.44 bits per heavy atom. The minimum atomic E-state index is -0.574. The zero-order valence-electron chi connectivity index (χ0n) is 22.5. The maximum absolute atomic E-state index is 13.8. The van der Waals surface area contributed by atoms with E-state index >= 15 is 0 Å². The summed E-state index contributed by atoms with van der Waals surface area (Å²) in [4.78, 5) is 22.3. The minimum absolute atomic E-state index is 0.0951. The zero-order chi connectivity index (χ0) is 28.1. The number of fused-ring (bicyclic) bond motifs is 1. The molecule has 0 N–H and O–H groups in total. The fraction of sp³-hybridized carbons (Fsp3) is 0.258. The number of aryl methyl sites for hydroxylation is 1. The predicted octanol–water partition coefficient (Wildman–Crippen LogP) is 4.19. The van der Waals surface area contributed by atoms with Gasteiger partial charge in [-0.05, 0) is 48.7 Å². The van der Waals surface area contributed by atoms with Crippen molar-refractivity contribution in [1.82, 2.24) is 29.3 Å². The number of aromatic nitrogens is 5. The molecule has 5 heterocycles. The maximum atomic E-state index is 13.8. The van der Waals surface area contributed by atoms with Crippen molar-refractivity contribution in [1.29, 1.82) is 5.26 Å². The van der Waals surface area contributed by atoms with Crippen LogP contribution >= 0.6 is 0 Å². The molecule has 0 atom stereocenters. The number of nitriles is 1. The van der Waals surface area contributed by atoms with E-state index < -0.39 is 5.41 Å². The number of carbonyl (C=O) groups excluding carboxylic acids is 1. The molecule has 1 aromatic carbocycles. The summed E-state index contributed by atoms with van der Waals surface area (Å²) in [6, 6.07) is 14.7. The molecule has 5 aromatic rings. The molecular weight excluding hydrogens is 519 g/mol. The minimum Gasteiger partial charge on any atom is -0.353 e. The summed E-state index contributed by atoms with van der Waals surface area (Å²) in [6.45, 7) is 2.52. The number of halogens is 1. The molecule has 4 aromatic heterocycles. The van der Waals surface area contributed by atoms with E-state index in [1.807, 2.05) is 54.8 Å². The molecule has 0 unspecified atom stereocenters. The maximum Gasteiger partial charge on any atom is 0.233 e. The highest BCUT2D eigenvalue weighted by atomic mass is 19.1. The zero-order valence-corrected chi connectivity index (χ0v) is 22.5. The predicted molar refractivity (Wildman–Crippen MR) is 151 cm³/mol. The van der Waals surface area contributed by atoms with Crippen molar-refractivity contribution in [2.75, 3.05) is 31.1 Å². The molecule has 0 radical (unpaired) electrons. The Hall–Kier alpha value is -5.04. The van der Waals surface area contributed by atoms with Gasteiger partial charge in [0, 0.05) is 74.1 Å². The molecule has 7 rings (SSSR count). The quantitative estimate of drug-likeness (QED) is 0.328. The van der Waals surface area contributed by atoms with Gasteiger partial charge >= 0.3 is 0 Å². The fourth-order valence-corrected chi connectivity index (χ4v) is 5.86. The van der Waals surface area contributed by atoms with Gasteiger partial charge in [0.2, 0.25) is 5.91 Å². The lowest BCUT2D eigenvalue weighted by atomic mass is 9.94. The van der Waals surface area contributed by atoms with Crippen molar-refractivity contribution in [3.05, 3.63) is 90.4 Å².